The summed E-state index contributed by atoms with van der Waals surface area (Å²) in [5, 5.41) is 10.9. The van der Waals surface area contributed by atoms with Gasteiger partial charge >= 0.3 is 0 Å². The van der Waals surface area contributed by atoms with Gasteiger partial charge in [-0.15, -0.1) is 0 Å². The van der Waals surface area contributed by atoms with Crippen LogP contribution in [0, 0.1) is 10.1 Å². The quantitative estimate of drug-likeness (QED) is 0.517. The number of nitrogen functional groups attached to an aromatic ring is 1. The fourth-order valence-corrected chi connectivity index (χ4v) is 2.74. The minimum Gasteiger partial charge on any atom is -0.393 e. The fourth-order valence-electron chi connectivity index (χ4n) is 2.74. The van der Waals surface area contributed by atoms with Crippen LogP contribution in [-0.2, 0) is 6.54 Å². The summed E-state index contributed by atoms with van der Waals surface area (Å²) in [4.78, 5) is 15.2. The molecule has 1 aliphatic heterocycles. The molecule has 0 aliphatic carbocycles. The smallest absolute Gasteiger partial charge is 0.292 e. The van der Waals surface area contributed by atoms with Gasteiger partial charge in [0.2, 0.25) is 0 Å². The second kappa shape index (κ2) is 6.19. The van der Waals surface area contributed by atoms with Gasteiger partial charge in [0.05, 0.1) is 4.92 Å². The van der Waals surface area contributed by atoms with Gasteiger partial charge in [-0.2, -0.15) is 0 Å². The fraction of sp³-hybridized carbons (Fsp3) is 0.571. The van der Waals surface area contributed by atoms with Crippen molar-refractivity contribution in [3.05, 3.63) is 33.9 Å². The molecule has 1 aromatic rings. The van der Waals surface area contributed by atoms with E-state index in [1.165, 1.54) is 0 Å². The van der Waals surface area contributed by atoms with Crippen LogP contribution in [0.2, 0.25) is 0 Å². The minimum atomic E-state index is -0.418. The Kier molecular flexibility index (Phi) is 4.57. The first kappa shape index (κ1) is 14.7. The molecule has 20 heavy (non-hydrogen) atoms. The molecular formula is C14H22N4O2. The third-order valence-electron chi connectivity index (χ3n) is 3.86. The van der Waals surface area contributed by atoms with Crippen molar-refractivity contribution < 1.29 is 4.92 Å². The Balaban J connectivity index is 2.13. The summed E-state index contributed by atoms with van der Waals surface area (Å²) in [5.41, 5.74) is 6.81. The molecule has 1 atom stereocenters. The molecular weight excluding hydrogens is 256 g/mol. The lowest BCUT2D eigenvalue weighted by Gasteiger charge is -2.27. The van der Waals surface area contributed by atoms with Gasteiger partial charge in [-0.1, -0.05) is 6.07 Å². The molecule has 0 spiro atoms. The van der Waals surface area contributed by atoms with Crippen molar-refractivity contribution in [2.24, 2.45) is 0 Å². The summed E-state index contributed by atoms with van der Waals surface area (Å²) in [6.45, 7) is 6.08. The summed E-state index contributed by atoms with van der Waals surface area (Å²) >= 11 is 0. The standard InChI is InChI=1S/C14H22N4O2/c1-11-9-16(2)6-3-7-17(11)10-12-4-5-13(15)14(8-12)18(19)20/h4-5,8,11H,3,6-7,9-10,15H2,1-2H3. The van der Waals surface area contributed by atoms with Gasteiger partial charge < -0.3 is 10.6 Å². The largest absolute Gasteiger partial charge is 0.393 e. The summed E-state index contributed by atoms with van der Waals surface area (Å²) in [6.07, 6.45) is 1.12. The van der Waals surface area contributed by atoms with Gasteiger partial charge in [0.25, 0.3) is 5.69 Å². The Morgan fingerprint density at radius 3 is 2.90 bits per heavy atom. The zero-order chi connectivity index (χ0) is 14.7. The van der Waals surface area contributed by atoms with Crippen LogP contribution in [0.15, 0.2) is 18.2 Å². The lowest BCUT2D eigenvalue weighted by atomic mass is 10.1. The van der Waals surface area contributed by atoms with Crippen LogP contribution in [0.3, 0.4) is 0 Å². The second-order valence-electron chi connectivity index (χ2n) is 5.59. The molecule has 1 heterocycles. The lowest BCUT2D eigenvalue weighted by molar-refractivity contribution is -0.384. The van der Waals surface area contributed by atoms with Crippen LogP contribution < -0.4 is 5.73 Å². The molecule has 2 rings (SSSR count). The SMILES string of the molecule is CC1CN(C)CCCN1Cc1ccc(N)c([N+](=O)[O-])c1. The highest BCUT2D eigenvalue weighted by atomic mass is 16.6. The molecule has 1 unspecified atom stereocenters. The highest BCUT2D eigenvalue weighted by Gasteiger charge is 2.20. The van der Waals surface area contributed by atoms with Gasteiger partial charge in [-0.3, -0.25) is 15.0 Å². The molecule has 1 saturated heterocycles. The molecule has 1 aliphatic rings. The zero-order valence-corrected chi connectivity index (χ0v) is 12.1. The molecule has 2 N–H and O–H groups in total. The minimum absolute atomic E-state index is 0.00194. The number of nitrogens with two attached hydrogens (primary N) is 1. The highest BCUT2D eigenvalue weighted by molar-refractivity contribution is 5.59. The van der Waals surface area contributed by atoms with Gasteiger partial charge in [0.1, 0.15) is 5.69 Å². The number of nitro groups is 1. The summed E-state index contributed by atoms with van der Waals surface area (Å²) in [7, 11) is 2.13. The lowest BCUT2D eigenvalue weighted by Crippen LogP contribution is -2.37. The Labute approximate surface area is 119 Å². The normalized spacial score (nSPS) is 21.6. The maximum absolute atomic E-state index is 10.9. The topological polar surface area (TPSA) is 75.6 Å². The predicted molar refractivity (Wildman–Crippen MR) is 79.5 cm³/mol. The molecule has 1 fully saturated rings. The van der Waals surface area contributed by atoms with Crippen molar-refractivity contribution in [2.45, 2.75) is 25.9 Å². The van der Waals surface area contributed by atoms with E-state index >= 15 is 0 Å². The Hall–Kier alpha value is -1.66. The summed E-state index contributed by atoms with van der Waals surface area (Å²) in [5.74, 6) is 0. The van der Waals surface area contributed by atoms with E-state index in [0.717, 1.165) is 38.2 Å². The first-order valence-electron chi connectivity index (χ1n) is 6.92. The molecule has 110 valence electrons. The molecule has 0 radical (unpaired) electrons. The van der Waals surface area contributed by atoms with E-state index in [1.807, 2.05) is 6.07 Å². The van der Waals surface area contributed by atoms with E-state index in [9.17, 15) is 10.1 Å². The maximum atomic E-state index is 10.9. The summed E-state index contributed by atoms with van der Waals surface area (Å²) in [6, 6.07) is 5.54. The predicted octanol–water partition coefficient (Wildman–Crippen LogP) is 1.70. The van der Waals surface area contributed by atoms with Crippen molar-refractivity contribution in [1.29, 1.82) is 0 Å². The van der Waals surface area contributed by atoms with E-state index in [0.29, 0.717) is 6.04 Å². The average Bonchev–Trinajstić information content (AvgIpc) is 2.53. The molecule has 6 heteroatoms. The van der Waals surface area contributed by atoms with Crippen LogP contribution in [-0.4, -0.2) is 47.4 Å². The molecule has 6 nitrogen and oxygen atoms in total. The molecule has 0 amide bonds. The third-order valence-corrected chi connectivity index (χ3v) is 3.86. The molecule has 0 saturated carbocycles. The Morgan fingerprint density at radius 1 is 1.45 bits per heavy atom. The van der Waals surface area contributed by atoms with E-state index in [4.69, 9.17) is 5.73 Å². The monoisotopic (exact) mass is 278 g/mol. The first-order chi connectivity index (χ1) is 9.47. The highest BCUT2D eigenvalue weighted by Crippen LogP contribution is 2.24. The van der Waals surface area contributed by atoms with E-state index in [1.54, 1.807) is 12.1 Å². The third kappa shape index (κ3) is 3.46. The van der Waals surface area contributed by atoms with Gasteiger partial charge in [0.15, 0.2) is 0 Å². The molecule has 0 aromatic heterocycles. The van der Waals surface area contributed by atoms with Crippen LogP contribution in [0.5, 0.6) is 0 Å². The van der Waals surface area contributed by atoms with Crippen molar-refractivity contribution in [1.82, 2.24) is 9.80 Å². The summed E-state index contributed by atoms with van der Waals surface area (Å²) < 4.78 is 0. The number of rotatable bonds is 3. The van der Waals surface area contributed by atoms with Crippen molar-refractivity contribution in [3.8, 4) is 0 Å². The van der Waals surface area contributed by atoms with Gasteiger partial charge in [-0.05, 0) is 38.6 Å². The van der Waals surface area contributed by atoms with E-state index < -0.39 is 4.92 Å². The number of anilines is 1. The van der Waals surface area contributed by atoms with Crippen molar-refractivity contribution >= 4 is 11.4 Å². The van der Waals surface area contributed by atoms with Crippen LogP contribution >= 0.6 is 0 Å². The van der Waals surface area contributed by atoms with Crippen LogP contribution in [0.1, 0.15) is 18.9 Å². The van der Waals surface area contributed by atoms with Crippen LogP contribution in [0.25, 0.3) is 0 Å². The van der Waals surface area contributed by atoms with Gasteiger partial charge in [-0.25, -0.2) is 0 Å². The average molecular weight is 278 g/mol. The Bertz CT molecular complexity index is 492. The van der Waals surface area contributed by atoms with E-state index in [-0.39, 0.29) is 11.4 Å². The van der Waals surface area contributed by atoms with Crippen molar-refractivity contribution in [2.75, 3.05) is 32.4 Å². The Morgan fingerprint density at radius 2 is 2.20 bits per heavy atom. The number of hydrogen-bond donors (Lipinski definition) is 1. The number of nitrogens with zero attached hydrogens (tertiary/aromatic N) is 3. The maximum Gasteiger partial charge on any atom is 0.292 e. The second-order valence-corrected chi connectivity index (χ2v) is 5.59. The number of benzene rings is 1. The molecule has 1 aromatic carbocycles. The van der Waals surface area contributed by atoms with Gasteiger partial charge in [0, 0.05) is 31.7 Å². The molecule has 0 bridgehead atoms. The van der Waals surface area contributed by atoms with Crippen LogP contribution in [0.4, 0.5) is 11.4 Å². The number of hydrogen-bond acceptors (Lipinski definition) is 5. The number of likely N-dealkylation sites (N-methyl/N-ethyl adjacent to an activating group) is 1. The zero-order valence-electron chi connectivity index (χ0n) is 12.1. The number of nitro benzene ring substituents is 1. The first-order valence-corrected chi connectivity index (χ1v) is 6.92. The van der Waals surface area contributed by atoms with Crippen molar-refractivity contribution in [3.63, 3.8) is 0 Å². The van der Waals surface area contributed by atoms with E-state index in [2.05, 4.69) is 23.8 Å².